The minimum Gasteiger partial charge on any atom is -0.383 e. The van der Waals surface area contributed by atoms with Gasteiger partial charge in [-0.25, -0.2) is 0 Å². The van der Waals surface area contributed by atoms with Gasteiger partial charge in [0.15, 0.2) is 0 Å². The molecule has 0 radical (unpaired) electrons. The van der Waals surface area contributed by atoms with Gasteiger partial charge >= 0.3 is 0 Å². The number of hydrogen-bond acceptors (Lipinski definition) is 3. The number of nitrogens with one attached hydrogen (secondary N) is 1. The van der Waals surface area contributed by atoms with Crippen LogP contribution in [0.15, 0.2) is 0 Å². The summed E-state index contributed by atoms with van der Waals surface area (Å²) in [5.41, 5.74) is 0. The first-order chi connectivity index (χ1) is 7.79. The summed E-state index contributed by atoms with van der Waals surface area (Å²) in [4.78, 5) is 2.60. The molecule has 1 aliphatic carbocycles. The van der Waals surface area contributed by atoms with Crippen LogP contribution in [0.3, 0.4) is 0 Å². The van der Waals surface area contributed by atoms with Crippen LogP contribution < -0.4 is 5.32 Å². The number of methoxy groups -OCH3 is 1. The van der Waals surface area contributed by atoms with Gasteiger partial charge in [-0.05, 0) is 32.7 Å². The van der Waals surface area contributed by atoms with Crippen LogP contribution in [-0.4, -0.2) is 50.3 Å². The van der Waals surface area contributed by atoms with Crippen molar-refractivity contribution in [2.45, 2.75) is 51.6 Å². The Labute approximate surface area is 101 Å². The van der Waals surface area contributed by atoms with Crippen LogP contribution in [0.25, 0.3) is 0 Å². The molecule has 1 saturated carbocycles. The Bertz CT molecular complexity index is 171. The molecule has 0 heterocycles. The molecular formula is C13H28N2O. The normalized spacial score (nSPS) is 18.0. The van der Waals surface area contributed by atoms with Gasteiger partial charge in [-0.15, -0.1) is 0 Å². The van der Waals surface area contributed by atoms with E-state index in [0.29, 0.717) is 6.04 Å². The molecule has 0 amide bonds. The first kappa shape index (κ1) is 13.9. The summed E-state index contributed by atoms with van der Waals surface area (Å²) in [6, 6.07) is 1.47. The average molecular weight is 228 g/mol. The fourth-order valence-electron chi connectivity index (χ4n) is 2.10. The Morgan fingerprint density at radius 2 is 2.19 bits per heavy atom. The second kappa shape index (κ2) is 8.04. The number of unbranched alkanes of at least 4 members (excludes halogenated alkanes) is 1. The van der Waals surface area contributed by atoms with Crippen LogP contribution >= 0.6 is 0 Å². The van der Waals surface area contributed by atoms with Gasteiger partial charge in [0.2, 0.25) is 0 Å². The van der Waals surface area contributed by atoms with Gasteiger partial charge in [-0.2, -0.15) is 0 Å². The van der Waals surface area contributed by atoms with E-state index in [1.165, 1.54) is 25.7 Å². The van der Waals surface area contributed by atoms with Crippen LogP contribution in [0.1, 0.15) is 39.5 Å². The Morgan fingerprint density at radius 3 is 2.75 bits per heavy atom. The van der Waals surface area contributed by atoms with Crippen molar-refractivity contribution < 1.29 is 4.74 Å². The zero-order chi connectivity index (χ0) is 11.8. The van der Waals surface area contributed by atoms with Gasteiger partial charge in [-0.3, -0.25) is 4.90 Å². The molecule has 3 heteroatoms. The van der Waals surface area contributed by atoms with Crippen molar-refractivity contribution in [2.75, 3.05) is 33.4 Å². The largest absolute Gasteiger partial charge is 0.383 e. The van der Waals surface area contributed by atoms with Gasteiger partial charge in [0.1, 0.15) is 0 Å². The summed E-state index contributed by atoms with van der Waals surface area (Å²) in [7, 11) is 1.79. The lowest BCUT2D eigenvalue weighted by Crippen LogP contribution is -2.43. The topological polar surface area (TPSA) is 24.5 Å². The zero-order valence-corrected chi connectivity index (χ0v) is 11.2. The second-order valence-electron chi connectivity index (χ2n) is 4.87. The summed E-state index contributed by atoms with van der Waals surface area (Å²) >= 11 is 0. The predicted molar refractivity (Wildman–Crippen MR) is 68.8 cm³/mol. The van der Waals surface area contributed by atoms with Crippen molar-refractivity contribution in [2.24, 2.45) is 0 Å². The molecule has 1 unspecified atom stereocenters. The van der Waals surface area contributed by atoms with Crippen molar-refractivity contribution in [1.29, 1.82) is 0 Å². The minimum atomic E-state index is 0.638. The van der Waals surface area contributed by atoms with Crippen molar-refractivity contribution in [1.82, 2.24) is 10.2 Å². The quantitative estimate of drug-likeness (QED) is 0.578. The SMILES string of the molecule is CCCCNCC(C)N(CCOC)C1CC1. The molecule has 0 aromatic rings. The standard InChI is InChI=1S/C13H28N2O/c1-4-5-8-14-11-12(2)15(9-10-16-3)13-6-7-13/h12-14H,4-11H2,1-3H3. The van der Waals surface area contributed by atoms with Crippen molar-refractivity contribution in [3.8, 4) is 0 Å². The van der Waals surface area contributed by atoms with Gasteiger partial charge in [0.05, 0.1) is 6.61 Å². The number of hydrogen-bond donors (Lipinski definition) is 1. The highest BCUT2D eigenvalue weighted by molar-refractivity contribution is 4.87. The highest BCUT2D eigenvalue weighted by Gasteiger charge is 2.31. The fraction of sp³-hybridized carbons (Fsp3) is 1.00. The van der Waals surface area contributed by atoms with E-state index in [2.05, 4.69) is 24.1 Å². The van der Waals surface area contributed by atoms with Crippen LogP contribution in [0.4, 0.5) is 0 Å². The van der Waals surface area contributed by atoms with Crippen molar-refractivity contribution in [3.63, 3.8) is 0 Å². The molecule has 3 nitrogen and oxygen atoms in total. The Balaban J connectivity index is 2.16. The average Bonchev–Trinajstić information content (AvgIpc) is 3.09. The van der Waals surface area contributed by atoms with Gasteiger partial charge in [-0.1, -0.05) is 13.3 Å². The summed E-state index contributed by atoms with van der Waals surface area (Å²) in [6.45, 7) is 8.77. The number of nitrogens with zero attached hydrogens (tertiary/aromatic N) is 1. The molecular weight excluding hydrogens is 200 g/mol. The fourth-order valence-corrected chi connectivity index (χ4v) is 2.10. The molecule has 1 N–H and O–H groups in total. The molecule has 0 aromatic heterocycles. The van der Waals surface area contributed by atoms with E-state index in [-0.39, 0.29) is 0 Å². The van der Waals surface area contributed by atoms with E-state index in [1.54, 1.807) is 7.11 Å². The number of rotatable bonds is 10. The highest BCUT2D eigenvalue weighted by Crippen LogP contribution is 2.28. The lowest BCUT2D eigenvalue weighted by molar-refractivity contribution is 0.118. The van der Waals surface area contributed by atoms with Crippen LogP contribution in [-0.2, 0) is 4.74 Å². The van der Waals surface area contributed by atoms with Crippen LogP contribution in [0.2, 0.25) is 0 Å². The second-order valence-corrected chi connectivity index (χ2v) is 4.87. The maximum Gasteiger partial charge on any atom is 0.0589 e. The highest BCUT2D eigenvalue weighted by atomic mass is 16.5. The lowest BCUT2D eigenvalue weighted by Gasteiger charge is -2.29. The van der Waals surface area contributed by atoms with E-state index in [4.69, 9.17) is 4.74 Å². The van der Waals surface area contributed by atoms with E-state index in [1.807, 2.05) is 0 Å². The van der Waals surface area contributed by atoms with Gasteiger partial charge in [0.25, 0.3) is 0 Å². The summed E-state index contributed by atoms with van der Waals surface area (Å²) in [5, 5.41) is 3.54. The van der Waals surface area contributed by atoms with Crippen LogP contribution in [0.5, 0.6) is 0 Å². The first-order valence-electron chi connectivity index (χ1n) is 6.75. The molecule has 96 valence electrons. The molecule has 0 saturated heterocycles. The van der Waals surface area contributed by atoms with E-state index in [0.717, 1.165) is 32.3 Å². The summed E-state index contributed by atoms with van der Waals surface area (Å²) < 4.78 is 5.18. The molecule has 16 heavy (non-hydrogen) atoms. The molecule has 1 rings (SSSR count). The third-order valence-electron chi connectivity index (χ3n) is 3.28. The summed E-state index contributed by atoms with van der Waals surface area (Å²) in [6.07, 6.45) is 5.32. The first-order valence-corrected chi connectivity index (χ1v) is 6.75. The maximum atomic E-state index is 5.18. The third-order valence-corrected chi connectivity index (χ3v) is 3.28. The molecule has 0 aliphatic heterocycles. The maximum absolute atomic E-state index is 5.18. The molecule has 1 atom stereocenters. The monoisotopic (exact) mass is 228 g/mol. The molecule has 0 spiro atoms. The Hall–Kier alpha value is -0.120. The lowest BCUT2D eigenvalue weighted by atomic mass is 10.2. The zero-order valence-electron chi connectivity index (χ0n) is 11.2. The molecule has 1 fully saturated rings. The predicted octanol–water partition coefficient (Wildman–Crippen LogP) is 1.88. The number of ether oxygens (including phenoxy) is 1. The van der Waals surface area contributed by atoms with E-state index in [9.17, 15) is 0 Å². The molecule has 1 aliphatic rings. The third kappa shape index (κ3) is 5.28. The van der Waals surface area contributed by atoms with Crippen molar-refractivity contribution >= 4 is 0 Å². The minimum absolute atomic E-state index is 0.638. The van der Waals surface area contributed by atoms with Gasteiger partial charge in [0, 0.05) is 32.3 Å². The summed E-state index contributed by atoms with van der Waals surface area (Å²) in [5.74, 6) is 0. The van der Waals surface area contributed by atoms with Crippen molar-refractivity contribution in [3.05, 3.63) is 0 Å². The Morgan fingerprint density at radius 1 is 1.44 bits per heavy atom. The Kier molecular flexibility index (Phi) is 7.01. The molecule has 0 aromatic carbocycles. The van der Waals surface area contributed by atoms with Crippen LogP contribution in [0, 0.1) is 0 Å². The van der Waals surface area contributed by atoms with Gasteiger partial charge < -0.3 is 10.1 Å². The smallest absolute Gasteiger partial charge is 0.0589 e. The van der Waals surface area contributed by atoms with E-state index < -0.39 is 0 Å². The molecule has 0 bridgehead atoms. The van der Waals surface area contributed by atoms with E-state index >= 15 is 0 Å².